The van der Waals surface area contributed by atoms with Crippen LogP contribution in [0.2, 0.25) is 0 Å². The van der Waals surface area contributed by atoms with Crippen LogP contribution in [0.1, 0.15) is 56.6 Å². The molecule has 0 saturated heterocycles. The second kappa shape index (κ2) is 5.54. The molecular weight excluding hydrogens is 274 g/mol. The number of phenols is 1. The zero-order valence-electron chi connectivity index (χ0n) is 12.8. The second-order valence-electron chi connectivity index (χ2n) is 6.96. The van der Waals surface area contributed by atoms with Crippen molar-refractivity contribution in [3.05, 3.63) is 41.0 Å². The van der Waals surface area contributed by atoms with E-state index in [4.69, 9.17) is 0 Å². The summed E-state index contributed by atoms with van der Waals surface area (Å²) in [6.45, 7) is 0. The highest BCUT2D eigenvalue weighted by Gasteiger charge is 2.40. The molecule has 0 bridgehead atoms. The summed E-state index contributed by atoms with van der Waals surface area (Å²) in [6, 6.07) is 7.52. The highest BCUT2D eigenvalue weighted by molar-refractivity contribution is 5.91. The molecular formula is C19H23NO2. The maximum absolute atomic E-state index is 12.7. The van der Waals surface area contributed by atoms with Gasteiger partial charge in [0.25, 0.3) is 0 Å². The lowest BCUT2D eigenvalue weighted by molar-refractivity contribution is -0.121. The molecule has 2 aliphatic carbocycles. The molecule has 2 atom stereocenters. The number of hydrogen-bond acceptors (Lipinski definition) is 3. The van der Waals surface area contributed by atoms with E-state index in [0.717, 1.165) is 37.7 Å². The molecule has 0 radical (unpaired) electrons. The van der Waals surface area contributed by atoms with Crippen molar-refractivity contribution >= 4 is 5.78 Å². The van der Waals surface area contributed by atoms with Crippen molar-refractivity contribution in [2.24, 2.45) is 5.92 Å². The lowest BCUT2D eigenvalue weighted by Crippen LogP contribution is -2.45. The molecule has 1 aromatic carbocycles. The Morgan fingerprint density at radius 2 is 2.00 bits per heavy atom. The van der Waals surface area contributed by atoms with Crippen LogP contribution in [0.25, 0.3) is 0 Å². The van der Waals surface area contributed by atoms with Gasteiger partial charge < -0.3 is 5.11 Å². The average Bonchev–Trinajstić information content (AvgIpc) is 3.38. The Kier molecular flexibility index (Phi) is 3.53. The summed E-state index contributed by atoms with van der Waals surface area (Å²) in [4.78, 5) is 12.7. The maximum atomic E-state index is 12.7. The molecule has 1 fully saturated rings. The van der Waals surface area contributed by atoms with Gasteiger partial charge in [-0.1, -0.05) is 17.7 Å². The van der Waals surface area contributed by atoms with E-state index in [1.165, 1.54) is 24.0 Å². The van der Waals surface area contributed by atoms with E-state index in [9.17, 15) is 9.90 Å². The third-order valence-corrected chi connectivity index (χ3v) is 5.33. The van der Waals surface area contributed by atoms with Crippen molar-refractivity contribution in [3.8, 4) is 5.75 Å². The van der Waals surface area contributed by atoms with Crippen LogP contribution >= 0.6 is 0 Å². The number of aromatic hydroxyl groups is 1. The van der Waals surface area contributed by atoms with Crippen LogP contribution in [0, 0.1) is 5.92 Å². The van der Waals surface area contributed by atoms with E-state index in [1.54, 1.807) is 6.07 Å². The zero-order chi connectivity index (χ0) is 15.1. The van der Waals surface area contributed by atoms with E-state index < -0.39 is 0 Å². The molecule has 1 aliphatic heterocycles. The molecule has 0 amide bonds. The largest absolute Gasteiger partial charge is 0.508 e. The summed E-state index contributed by atoms with van der Waals surface area (Å²) in [5.74, 6) is 0.989. The molecule has 3 heteroatoms. The van der Waals surface area contributed by atoms with Gasteiger partial charge in [0.15, 0.2) is 5.78 Å². The van der Waals surface area contributed by atoms with Crippen LogP contribution in [-0.2, 0) is 4.79 Å². The van der Waals surface area contributed by atoms with Crippen molar-refractivity contribution in [2.45, 2.75) is 57.0 Å². The number of carbonyl (C=O) groups excluding carboxylic acids is 1. The third kappa shape index (κ3) is 2.58. The predicted molar refractivity (Wildman–Crippen MR) is 85.6 cm³/mol. The van der Waals surface area contributed by atoms with Crippen molar-refractivity contribution < 1.29 is 9.90 Å². The Hall–Kier alpha value is -1.61. The van der Waals surface area contributed by atoms with Crippen LogP contribution in [-0.4, -0.2) is 16.9 Å². The first kappa shape index (κ1) is 14.0. The molecule has 3 nitrogen and oxygen atoms in total. The van der Waals surface area contributed by atoms with Gasteiger partial charge in [-0.15, -0.1) is 0 Å². The quantitative estimate of drug-likeness (QED) is 0.837. The van der Waals surface area contributed by atoms with Gasteiger partial charge in [0.2, 0.25) is 0 Å². The van der Waals surface area contributed by atoms with Gasteiger partial charge in [0, 0.05) is 12.0 Å². The minimum atomic E-state index is -0.0797. The normalized spacial score (nSPS) is 28.4. The highest BCUT2D eigenvalue weighted by atomic mass is 16.3. The number of carbonyl (C=O) groups is 1. The van der Waals surface area contributed by atoms with E-state index in [1.807, 2.05) is 18.2 Å². The minimum absolute atomic E-state index is 0.0797. The number of nitrogens with one attached hydrogen (secondary N) is 1. The fourth-order valence-corrected chi connectivity index (χ4v) is 3.99. The number of Topliss-reactive ketones (excluding diaryl/α,β-unsaturated/α-hetero) is 1. The highest BCUT2D eigenvalue weighted by Crippen LogP contribution is 2.41. The van der Waals surface area contributed by atoms with E-state index in [-0.39, 0.29) is 18.0 Å². The molecule has 3 aliphatic rings. The fourth-order valence-electron chi connectivity index (χ4n) is 3.99. The zero-order valence-corrected chi connectivity index (χ0v) is 12.8. The number of rotatable bonds is 3. The van der Waals surface area contributed by atoms with Gasteiger partial charge in [-0.05, 0) is 68.2 Å². The van der Waals surface area contributed by atoms with Gasteiger partial charge in [0.1, 0.15) is 5.75 Å². The van der Waals surface area contributed by atoms with Crippen LogP contribution in [0.15, 0.2) is 35.4 Å². The first-order valence-corrected chi connectivity index (χ1v) is 8.52. The molecule has 1 heterocycles. The van der Waals surface area contributed by atoms with Crippen LogP contribution < -0.4 is 5.32 Å². The molecule has 0 spiro atoms. The standard InChI is InChI=1S/C19H23NO2/c21-15-6-3-5-14(10-15)17-11-13-4-1-2-7-16(13)18(20-17)19(22)12-8-9-12/h3,5-6,10,12,17-18,20-21H,1-2,4,7-9,11H2/t17-,18-/m0/s1. The SMILES string of the molecule is O=C(C1CC1)[C@H]1N[C@H](c2cccc(O)c2)CC2=C1CCCC2. The number of phenolic OH excluding ortho intramolecular Hbond substituents is 1. The molecule has 4 rings (SSSR count). The first-order chi connectivity index (χ1) is 10.7. The number of hydrogen-bond donors (Lipinski definition) is 2. The third-order valence-electron chi connectivity index (χ3n) is 5.33. The van der Waals surface area contributed by atoms with Crippen molar-refractivity contribution in [2.75, 3.05) is 0 Å². The summed E-state index contributed by atoms with van der Waals surface area (Å²) in [5, 5.41) is 13.3. The van der Waals surface area contributed by atoms with Crippen molar-refractivity contribution in [3.63, 3.8) is 0 Å². The Bertz CT molecular complexity index is 630. The summed E-state index contributed by atoms with van der Waals surface area (Å²) < 4.78 is 0. The van der Waals surface area contributed by atoms with Crippen molar-refractivity contribution in [1.82, 2.24) is 5.32 Å². The Balaban J connectivity index is 1.66. The van der Waals surface area contributed by atoms with Gasteiger partial charge in [-0.2, -0.15) is 0 Å². The van der Waals surface area contributed by atoms with E-state index in [0.29, 0.717) is 11.5 Å². The Labute approximate surface area is 131 Å². The number of ketones is 1. The van der Waals surface area contributed by atoms with E-state index >= 15 is 0 Å². The number of benzene rings is 1. The molecule has 0 aromatic heterocycles. The molecule has 22 heavy (non-hydrogen) atoms. The lowest BCUT2D eigenvalue weighted by atomic mass is 9.78. The Morgan fingerprint density at radius 3 is 2.77 bits per heavy atom. The predicted octanol–water partition coefficient (Wildman–Crippen LogP) is 3.64. The summed E-state index contributed by atoms with van der Waals surface area (Å²) >= 11 is 0. The van der Waals surface area contributed by atoms with Gasteiger partial charge in [0.05, 0.1) is 6.04 Å². The molecule has 1 saturated carbocycles. The second-order valence-corrected chi connectivity index (χ2v) is 6.96. The average molecular weight is 297 g/mol. The molecule has 0 unspecified atom stereocenters. The lowest BCUT2D eigenvalue weighted by Gasteiger charge is -2.37. The smallest absolute Gasteiger partial charge is 0.157 e. The monoisotopic (exact) mass is 297 g/mol. The molecule has 116 valence electrons. The summed E-state index contributed by atoms with van der Waals surface area (Å²) in [7, 11) is 0. The molecule has 1 aromatic rings. The fraction of sp³-hybridized carbons (Fsp3) is 0.526. The van der Waals surface area contributed by atoms with Crippen molar-refractivity contribution in [1.29, 1.82) is 0 Å². The van der Waals surface area contributed by atoms with Gasteiger partial charge in [-0.25, -0.2) is 0 Å². The van der Waals surface area contributed by atoms with Gasteiger partial charge in [-0.3, -0.25) is 10.1 Å². The van der Waals surface area contributed by atoms with Crippen LogP contribution in [0.3, 0.4) is 0 Å². The Morgan fingerprint density at radius 1 is 1.18 bits per heavy atom. The summed E-state index contributed by atoms with van der Waals surface area (Å²) in [6.07, 6.45) is 7.79. The topological polar surface area (TPSA) is 49.3 Å². The van der Waals surface area contributed by atoms with Gasteiger partial charge >= 0.3 is 0 Å². The van der Waals surface area contributed by atoms with Crippen LogP contribution in [0.4, 0.5) is 0 Å². The minimum Gasteiger partial charge on any atom is -0.508 e. The first-order valence-electron chi connectivity index (χ1n) is 8.52. The molecule has 2 N–H and O–H groups in total. The van der Waals surface area contributed by atoms with E-state index in [2.05, 4.69) is 5.32 Å². The summed E-state index contributed by atoms with van der Waals surface area (Å²) in [5.41, 5.74) is 3.97. The maximum Gasteiger partial charge on any atom is 0.157 e. The van der Waals surface area contributed by atoms with Crippen LogP contribution in [0.5, 0.6) is 5.75 Å².